The van der Waals surface area contributed by atoms with E-state index in [0.717, 1.165) is 0 Å². The number of benzene rings is 2. The molecule has 0 aliphatic heterocycles. The summed E-state index contributed by atoms with van der Waals surface area (Å²) in [7, 11) is -7.39. The van der Waals surface area contributed by atoms with Crippen LogP contribution in [0, 0.1) is 0 Å². The number of halogens is 2. The van der Waals surface area contributed by atoms with E-state index >= 15 is 0 Å². The molecule has 0 fully saturated rings. The maximum atomic E-state index is 14.0. The van der Waals surface area contributed by atoms with E-state index in [0.29, 0.717) is 73.4 Å². The molecule has 0 aliphatic rings. The van der Waals surface area contributed by atoms with E-state index in [2.05, 4.69) is 0 Å². The molecule has 0 heterocycles. The summed E-state index contributed by atoms with van der Waals surface area (Å²) in [5, 5.41) is 0. The molecule has 38 heavy (non-hydrogen) atoms. The van der Waals surface area contributed by atoms with Crippen LogP contribution in [-0.4, -0.2) is 60.5 Å². The summed E-state index contributed by atoms with van der Waals surface area (Å²) in [4.78, 5) is 0. The van der Waals surface area contributed by atoms with Crippen molar-refractivity contribution in [1.82, 2.24) is 9.34 Å². The molecule has 8 nitrogen and oxygen atoms in total. The summed E-state index contributed by atoms with van der Waals surface area (Å²) in [5.41, 5.74) is 1.23. The first-order chi connectivity index (χ1) is 18.3. The SMILES string of the molecule is CCN(CC)P(=O)(OCCCCl)Oc1ccccc1-c1ccccc1OP(=O)(OCCCCl)N(CC)CC. The van der Waals surface area contributed by atoms with Crippen molar-refractivity contribution in [3.8, 4) is 22.6 Å². The summed E-state index contributed by atoms with van der Waals surface area (Å²) in [6.45, 7) is 9.89. The fourth-order valence-corrected chi connectivity index (χ4v) is 7.53. The number of alkyl halides is 2. The van der Waals surface area contributed by atoms with Crippen molar-refractivity contribution in [2.45, 2.75) is 40.5 Å². The average molecular weight is 609 g/mol. The molecule has 214 valence electrons. The van der Waals surface area contributed by atoms with Gasteiger partial charge in [0.2, 0.25) is 0 Å². The zero-order valence-electron chi connectivity index (χ0n) is 22.7. The first-order valence-corrected chi connectivity index (χ1v) is 17.1. The lowest BCUT2D eigenvalue weighted by molar-refractivity contribution is 0.211. The van der Waals surface area contributed by atoms with Gasteiger partial charge in [-0.1, -0.05) is 64.1 Å². The Hall–Kier alpha value is -1.08. The Balaban J connectivity index is 2.52. The minimum Gasteiger partial charge on any atom is -0.412 e. The van der Waals surface area contributed by atoms with Crippen LogP contribution in [0.2, 0.25) is 0 Å². The van der Waals surface area contributed by atoms with E-state index < -0.39 is 15.5 Å². The fourth-order valence-electron chi connectivity index (χ4n) is 3.73. The van der Waals surface area contributed by atoms with E-state index in [1.165, 1.54) is 0 Å². The van der Waals surface area contributed by atoms with E-state index in [-0.39, 0.29) is 13.2 Å². The zero-order valence-corrected chi connectivity index (χ0v) is 26.0. The maximum absolute atomic E-state index is 14.0. The van der Waals surface area contributed by atoms with Crippen LogP contribution in [0.15, 0.2) is 48.5 Å². The second kappa shape index (κ2) is 16.9. The van der Waals surface area contributed by atoms with E-state index in [1.54, 1.807) is 33.6 Å². The van der Waals surface area contributed by atoms with E-state index in [1.807, 2.05) is 52.0 Å². The molecule has 2 aromatic rings. The predicted octanol–water partition coefficient (Wildman–Crippen LogP) is 8.30. The van der Waals surface area contributed by atoms with Crippen molar-refractivity contribution >= 4 is 38.7 Å². The fraction of sp³-hybridized carbons (Fsp3) is 0.538. The Kier molecular flexibility index (Phi) is 14.7. The maximum Gasteiger partial charge on any atom is 0.461 e. The molecule has 0 aliphatic carbocycles. The van der Waals surface area contributed by atoms with Gasteiger partial charge in [0.15, 0.2) is 0 Å². The van der Waals surface area contributed by atoms with Crippen LogP contribution in [-0.2, 0) is 18.2 Å². The molecule has 0 aromatic heterocycles. The lowest BCUT2D eigenvalue weighted by Gasteiger charge is -2.30. The summed E-state index contributed by atoms with van der Waals surface area (Å²) in [5.74, 6) is 1.48. The van der Waals surface area contributed by atoms with Crippen LogP contribution in [0.4, 0.5) is 0 Å². The van der Waals surface area contributed by atoms with Crippen molar-refractivity contribution < 1.29 is 27.2 Å². The molecular weight excluding hydrogens is 569 g/mol. The lowest BCUT2D eigenvalue weighted by Crippen LogP contribution is -2.24. The first-order valence-electron chi connectivity index (χ1n) is 13.0. The predicted molar refractivity (Wildman–Crippen MR) is 157 cm³/mol. The summed E-state index contributed by atoms with van der Waals surface area (Å²) < 4.78 is 55.2. The van der Waals surface area contributed by atoms with Crippen molar-refractivity contribution in [3.05, 3.63) is 48.5 Å². The second-order valence-corrected chi connectivity index (χ2v) is 12.8. The van der Waals surface area contributed by atoms with Gasteiger partial charge in [0, 0.05) is 49.1 Å². The third-order valence-electron chi connectivity index (χ3n) is 5.71. The number of nitrogens with zero attached hydrogens (tertiary/aromatic N) is 2. The molecule has 2 unspecified atom stereocenters. The standard InChI is InChI=1S/C26H40Cl2N2O6P2/c1-5-29(6-2)37(31,33-21-13-19-27)35-25-17-11-9-15-23(25)24-16-10-12-18-26(24)36-38(32,30(7-3)8-4)34-22-14-20-28/h9-12,15-18H,5-8,13-14,19-22H2,1-4H3. The van der Waals surface area contributed by atoms with Gasteiger partial charge >= 0.3 is 15.5 Å². The van der Waals surface area contributed by atoms with Crippen LogP contribution in [0.5, 0.6) is 11.5 Å². The molecule has 0 N–H and O–H groups in total. The minimum atomic E-state index is -3.69. The number of hydrogen-bond donors (Lipinski definition) is 0. The van der Waals surface area contributed by atoms with Gasteiger partial charge in [0.25, 0.3) is 0 Å². The van der Waals surface area contributed by atoms with Crippen LogP contribution >= 0.6 is 38.7 Å². The molecule has 0 spiro atoms. The normalized spacial score (nSPS) is 14.8. The van der Waals surface area contributed by atoms with Gasteiger partial charge in [0.05, 0.1) is 13.2 Å². The Morgan fingerprint density at radius 3 is 1.29 bits per heavy atom. The smallest absolute Gasteiger partial charge is 0.412 e. The van der Waals surface area contributed by atoms with Crippen LogP contribution in [0.1, 0.15) is 40.5 Å². The summed E-state index contributed by atoms with van der Waals surface area (Å²) in [6.07, 6.45) is 1.08. The topological polar surface area (TPSA) is 77.5 Å². The molecular formula is C26H40Cl2N2O6P2. The monoisotopic (exact) mass is 608 g/mol. The van der Waals surface area contributed by atoms with Gasteiger partial charge < -0.3 is 9.05 Å². The second-order valence-electron chi connectivity index (χ2n) is 8.14. The number of hydrogen-bond acceptors (Lipinski definition) is 6. The average Bonchev–Trinajstić information content (AvgIpc) is 2.91. The van der Waals surface area contributed by atoms with Crippen molar-refractivity contribution in [3.63, 3.8) is 0 Å². The van der Waals surface area contributed by atoms with Gasteiger partial charge in [-0.25, -0.2) is 9.13 Å². The molecule has 0 radical (unpaired) electrons. The number of rotatable bonds is 19. The molecule has 2 aromatic carbocycles. The minimum absolute atomic E-state index is 0.200. The van der Waals surface area contributed by atoms with Crippen LogP contribution < -0.4 is 9.05 Å². The molecule has 2 rings (SSSR count). The Morgan fingerprint density at radius 1 is 0.632 bits per heavy atom. The Morgan fingerprint density at radius 2 is 0.974 bits per heavy atom. The lowest BCUT2D eigenvalue weighted by atomic mass is 10.0. The molecule has 0 bridgehead atoms. The van der Waals surface area contributed by atoms with Crippen LogP contribution in [0.25, 0.3) is 11.1 Å². The van der Waals surface area contributed by atoms with Gasteiger partial charge in [0.1, 0.15) is 11.5 Å². The highest BCUT2D eigenvalue weighted by molar-refractivity contribution is 7.52. The molecule has 0 amide bonds. The van der Waals surface area contributed by atoms with E-state index in [9.17, 15) is 9.13 Å². The van der Waals surface area contributed by atoms with Gasteiger partial charge in [-0.15, -0.1) is 23.2 Å². The van der Waals surface area contributed by atoms with Gasteiger partial charge in [-0.05, 0) is 25.0 Å². The quantitative estimate of drug-likeness (QED) is 0.0895. The summed E-state index contributed by atoms with van der Waals surface area (Å²) in [6, 6.07) is 14.4. The third-order valence-corrected chi connectivity index (χ3v) is 10.6. The molecule has 0 saturated carbocycles. The van der Waals surface area contributed by atoms with Gasteiger partial charge in [-0.3, -0.25) is 9.05 Å². The van der Waals surface area contributed by atoms with Gasteiger partial charge in [-0.2, -0.15) is 9.34 Å². The molecule has 2 atom stereocenters. The molecule has 0 saturated heterocycles. The van der Waals surface area contributed by atoms with E-state index in [4.69, 9.17) is 41.3 Å². The van der Waals surface area contributed by atoms with Crippen LogP contribution in [0.3, 0.4) is 0 Å². The van der Waals surface area contributed by atoms with Crippen molar-refractivity contribution in [2.75, 3.05) is 51.2 Å². The highest BCUT2D eigenvalue weighted by Gasteiger charge is 2.36. The third kappa shape index (κ3) is 8.97. The highest BCUT2D eigenvalue weighted by atomic mass is 35.5. The van der Waals surface area contributed by atoms with Crippen molar-refractivity contribution in [1.29, 1.82) is 0 Å². The van der Waals surface area contributed by atoms with Crippen molar-refractivity contribution in [2.24, 2.45) is 0 Å². The number of para-hydroxylation sites is 2. The summed E-state index contributed by atoms with van der Waals surface area (Å²) >= 11 is 11.6. The molecule has 12 heteroatoms. The largest absolute Gasteiger partial charge is 0.461 e. The highest BCUT2D eigenvalue weighted by Crippen LogP contribution is 2.56. The Labute approximate surface area is 237 Å². The Bertz CT molecular complexity index is 986. The first kappa shape index (κ1) is 33.1. The zero-order chi connectivity index (χ0) is 28.0.